The first-order valence-electron chi connectivity index (χ1n) is 6.41. The zero-order valence-electron chi connectivity index (χ0n) is 11.6. The van der Waals surface area contributed by atoms with Gasteiger partial charge in [0.1, 0.15) is 11.6 Å². The maximum atomic E-state index is 14.0. The fraction of sp³-hybridized carbons (Fsp3) is 0.333. The summed E-state index contributed by atoms with van der Waals surface area (Å²) in [5.41, 5.74) is 7.32. The summed E-state index contributed by atoms with van der Waals surface area (Å²) in [5.74, 6) is 0.524. The molecule has 1 heterocycles. The zero-order valence-corrected chi connectivity index (χ0v) is 12.3. The highest BCUT2D eigenvalue weighted by Gasteiger charge is 2.22. The molecular formula is C15H18ClFN2O. The molecule has 0 saturated heterocycles. The van der Waals surface area contributed by atoms with Crippen molar-refractivity contribution >= 4 is 11.6 Å². The molecule has 5 heteroatoms. The Hall–Kier alpha value is -1.36. The lowest BCUT2D eigenvalue weighted by Gasteiger charge is -2.28. The maximum Gasteiger partial charge on any atom is 0.129 e. The van der Waals surface area contributed by atoms with Crippen LogP contribution in [0.3, 0.4) is 0 Å². The van der Waals surface area contributed by atoms with Gasteiger partial charge in [0.05, 0.1) is 12.3 Å². The first kappa shape index (κ1) is 15.0. The molecule has 0 aliphatic carbocycles. The fourth-order valence-corrected chi connectivity index (χ4v) is 2.59. The smallest absolute Gasteiger partial charge is 0.129 e. The molecule has 1 unspecified atom stereocenters. The van der Waals surface area contributed by atoms with Crippen LogP contribution in [0, 0.1) is 12.7 Å². The Kier molecular flexibility index (Phi) is 4.81. The number of likely N-dealkylation sites (N-methyl/N-ethyl adjacent to an activating group) is 1. The second-order valence-corrected chi connectivity index (χ2v) is 5.21. The van der Waals surface area contributed by atoms with Gasteiger partial charge in [0.15, 0.2) is 0 Å². The van der Waals surface area contributed by atoms with Gasteiger partial charge in [-0.25, -0.2) is 4.39 Å². The van der Waals surface area contributed by atoms with Crippen molar-refractivity contribution in [3.63, 3.8) is 0 Å². The van der Waals surface area contributed by atoms with E-state index in [0.29, 0.717) is 17.1 Å². The van der Waals surface area contributed by atoms with Crippen molar-refractivity contribution in [2.75, 3.05) is 13.6 Å². The van der Waals surface area contributed by atoms with Crippen LogP contribution in [-0.4, -0.2) is 18.5 Å². The second-order valence-electron chi connectivity index (χ2n) is 4.80. The van der Waals surface area contributed by atoms with Crippen LogP contribution < -0.4 is 5.73 Å². The number of hydrogen-bond donors (Lipinski definition) is 1. The summed E-state index contributed by atoms with van der Waals surface area (Å²) in [5, 5.41) is 0.399. The lowest BCUT2D eigenvalue weighted by atomic mass is 10.0. The predicted octanol–water partition coefficient (Wildman–Crippen LogP) is 3.51. The highest BCUT2D eigenvalue weighted by Crippen LogP contribution is 2.30. The van der Waals surface area contributed by atoms with Crippen molar-refractivity contribution in [2.24, 2.45) is 5.73 Å². The highest BCUT2D eigenvalue weighted by molar-refractivity contribution is 6.31. The molecule has 2 aromatic rings. The number of nitrogens with zero attached hydrogens (tertiary/aromatic N) is 1. The van der Waals surface area contributed by atoms with E-state index in [1.54, 1.807) is 18.4 Å². The van der Waals surface area contributed by atoms with Crippen LogP contribution in [0.1, 0.15) is 22.9 Å². The summed E-state index contributed by atoms with van der Waals surface area (Å²) < 4.78 is 19.3. The first-order valence-corrected chi connectivity index (χ1v) is 6.79. The molecule has 0 amide bonds. The van der Waals surface area contributed by atoms with Gasteiger partial charge in [0.2, 0.25) is 0 Å². The van der Waals surface area contributed by atoms with Gasteiger partial charge in [-0.3, -0.25) is 4.90 Å². The molecule has 1 atom stereocenters. The molecule has 0 bridgehead atoms. The molecule has 2 N–H and O–H groups in total. The van der Waals surface area contributed by atoms with Gasteiger partial charge >= 0.3 is 0 Å². The summed E-state index contributed by atoms with van der Waals surface area (Å²) >= 11 is 6.12. The monoisotopic (exact) mass is 296 g/mol. The Morgan fingerprint density at radius 1 is 1.40 bits per heavy atom. The quantitative estimate of drug-likeness (QED) is 0.918. The minimum absolute atomic E-state index is 0.280. The summed E-state index contributed by atoms with van der Waals surface area (Å²) in [4.78, 5) is 1.97. The minimum Gasteiger partial charge on any atom is -0.469 e. The number of hydrogen-bond acceptors (Lipinski definition) is 3. The SMILES string of the molecule is Cc1occc1CN(C)C(CN)c1c(F)cccc1Cl. The topological polar surface area (TPSA) is 42.4 Å². The minimum atomic E-state index is -0.330. The van der Waals surface area contributed by atoms with Crippen molar-refractivity contribution in [2.45, 2.75) is 19.5 Å². The summed E-state index contributed by atoms with van der Waals surface area (Å²) in [7, 11) is 1.90. The fourth-order valence-electron chi connectivity index (χ4n) is 2.30. The number of rotatable bonds is 5. The summed E-state index contributed by atoms with van der Waals surface area (Å²) in [6, 6.07) is 6.30. The Labute approximate surface area is 123 Å². The third-order valence-electron chi connectivity index (χ3n) is 3.47. The Morgan fingerprint density at radius 3 is 2.70 bits per heavy atom. The average Bonchev–Trinajstić information content (AvgIpc) is 2.79. The van der Waals surface area contributed by atoms with E-state index in [9.17, 15) is 4.39 Å². The molecule has 108 valence electrons. The zero-order chi connectivity index (χ0) is 14.7. The van der Waals surface area contributed by atoms with Crippen LogP contribution in [0.2, 0.25) is 5.02 Å². The van der Waals surface area contributed by atoms with Gasteiger partial charge in [-0.1, -0.05) is 17.7 Å². The van der Waals surface area contributed by atoms with Crippen LogP contribution in [0.15, 0.2) is 34.9 Å². The molecular weight excluding hydrogens is 279 g/mol. The van der Waals surface area contributed by atoms with Crippen LogP contribution >= 0.6 is 11.6 Å². The molecule has 1 aromatic heterocycles. The van der Waals surface area contributed by atoms with Crippen molar-refractivity contribution < 1.29 is 8.81 Å². The predicted molar refractivity (Wildman–Crippen MR) is 78.1 cm³/mol. The van der Waals surface area contributed by atoms with E-state index in [0.717, 1.165) is 11.3 Å². The molecule has 0 spiro atoms. The van der Waals surface area contributed by atoms with Crippen LogP contribution in [0.25, 0.3) is 0 Å². The van der Waals surface area contributed by atoms with Gasteiger partial charge in [0.25, 0.3) is 0 Å². The van der Waals surface area contributed by atoms with E-state index in [-0.39, 0.29) is 18.4 Å². The molecule has 0 fully saturated rings. The molecule has 20 heavy (non-hydrogen) atoms. The Bertz CT molecular complexity index is 565. The molecule has 0 radical (unpaired) electrons. The lowest BCUT2D eigenvalue weighted by Crippen LogP contribution is -2.31. The highest BCUT2D eigenvalue weighted by atomic mass is 35.5. The van der Waals surface area contributed by atoms with E-state index < -0.39 is 0 Å². The number of nitrogens with two attached hydrogens (primary N) is 1. The van der Waals surface area contributed by atoms with Gasteiger partial charge in [-0.2, -0.15) is 0 Å². The first-order chi connectivity index (χ1) is 9.54. The summed E-state index contributed by atoms with van der Waals surface area (Å²) in [6.45, 7) is 2.81. The van der Waals surface area contributed by atoms with Crippen LogP contribution in [0.4, 0.5) is 4.39 Å². The van der Waals surface area contributed by atoms with Crippen molar-refractivity contribution in [1.82, 2.24) is 4.90 Å². The largest absolute Gasteiger partial charge is 0.469 e. The van der Waals surface area contributed by atoms with Gasteiger partial charge in [-0.05, 0) is 32.2 Å². The third-order valence-corrected chi connectivity index (χ3v) is 3.80. The Morgan fingerprint density at radius 2 is 2.15 bits per heavy atom. The summed E-state index contributed by atoms with van der Waals surface area (Å²) in [6.07, 6.45) is 1.64. The number of halogens is 2. The van der Waals surface area contributed by atoms with Crippen LogP contribution in [-0.2, 0) is 6.54 Å². The van der Waals surface area contributed by atoms with Crippen molar-refractivity contribution in [1.29, 1.82) is 0 Å². The van der Waals surface area contributed by atoms with E-state index in [1.807, 2.05) is 24.9 Å². The molecule has 1 aromatic carbocycles. The average molecular weight is 297 g/mol. The molecule has 0 saturated carbocycles. The number of aryl methyl sites for hydroxylation is 1. The molecule has 0 aliphatic rings. The van der Waals surface area contributed by atoms with E-state index in [4.69, 9.17) is 21.8 Å². The second kappa shape index (κ2) is 6.39. The number of benzene rings is 1. The normalized spacial score (nSPS) is 12.9. The Balaban J connectivity index is 2.26. The molecule has 0 aliphatic heterocycles. The van der Waals surface area contributed by atoms with Gasteiger partial charge in [-0.15, -0.1) is 0 Å². The molecule has 3 nitrogen and oxygen atoms in total. The van der Waals surface area contributed by atoms with Crippen molar-refractivity contribution in [3.8, 4) is 0 Å². The molecule has 2 rings (SSSR count). The van der Waals surface area contributed by atoms with Crippen LogP contribution in [0.5, 0.6) is 0 Å². The van der Waals surface area contributed by atoms with Crippen molar-refractivity contribution in [3.05, 3.63) is 58.3 Å². The van der Waals surface area contributed by atoms with E-state index in [2.05, 4.69) is 0 Å². The standard InChI is InChI=1S/C15H18ClFN2O/c1-10-11(6-7-20-10)9-19(2)14(8-18)15-12(16)4-3-5-13(15)17/h3-7,14H,8-9,18H2,1-2H3. The van der Waals surface area contributed by atoms with E-state index >= 15 is 0 Å². The van der Waals surface area contributed by atoms with E-state index in [1.165, 1.54) is 6.07 Å². The maximum absolute atomic E-state index is 14.0. The van der Waals surface area contributed by atoms with Gasteiger partial charge in [0, 0.05) is 29.2 Å². The lowest BCUT2D eigenvalue weighted by molar-refractivity contribution is 0.235. The number of furan rings is 1. The third kappa shape index (κ3) is 3.03. The van der Waals surface area contributed by atoms with Gasteiger partial charge < -0.3 is 10.2 Å².